The van der Waals surface area contributed by atoms with Crippen LogP contribution in [0.1, 0.15) is 33.2 Å². The fraction of sp³-hybridized carbons (Fsp3) is 0.143. The van der Waals surface area contributed by atoms with Crippen molar-refractivity contribution in [1.29, 1.82) is 0 Å². The Balaban J connectivity index is 1.90. The molecule has 188 valence electrons. The quantitative estimate of drug-likeness (QED) is 0.295. The minimum Gasteiger partial charge on any atom is -0.497 e. The van der Waals surface area contributed by atoms with Crippen molar-refractivity contribution in [3.8, 4) is 22.7 Å². The number of ether oxygens (including phenoxy) is 3. The van der Waals surface area contributed by atoms with Gasteiger partial charge in [0.15, 0.2) is 0 Å². The number of nitrogens with one attached hydrogen (secondary N) is 1. The second-order valence-electron chi connectivity index (χ2n) is 8.02. The maximum Gasteiger partial charge on any atom is 0.337 e. The van der Waals surface area contributed by atoms with E-state index in [-0.39, 0.29) is 22.4 Å². The van der Waals surface area contributed by atoms with E-state index >= 15 is 0 Å². The molecule has 0 radical (unpaired) electrons. The molecule has 9 nitrogen and oxygen atoms in total. The number of carbonyl (C=O) groups excluding carboxylic acids is 2. The van der Waals surface area contributed by atoms with E-state index in [0.717, 1.165) is 5.56 Å². The Hall–Kier alpha value is -4.92. The van der Waals surface area contributed by atoms with E-state index in [1.54, 1.807) is 38.3 Å². The van der Waals surface area contributed by atoms with Crippen LogP contribution in [0, 0.1) is 0 Å². The number of H-pyrrole nitrogens is 1. The van der Waals surface area contributed by atoms with Crippen molar-refractivity contribution in [1.82, 2.24) is 9.78 Å². The summed E-state index contributed by atoms with van der Waals surface area (Å²) in [5, 5.41) is 3.20. The molecule has 0 aliphatic rings. The SMILES string of the molecule is COC(=O)c1cc(N=C(C)c2c(-c3ccccc3)[nH]n(-c3ccc(OC)cc3)c2=O)cc(C(=O)OC)c1. The van der Waals surface area contributed by atoms with Crippen LogP contribution in [-0.2, 0) is 9.47 Å². The molecule has 37 heavy (non-hydrogen) atoms. The molecule has 1 N–H and O–H groups in total. The van der Waals surface area contributed by atoms with Gasteiger partial charge >= 0.3 is 11.9 Å². The van der Waals surface area contributed by atoms with E-state index < -0.39 is 11.9 Å². The maximum absolute atomic E-state index is 13.7. The predicted octanol–water partition coefficient (Wildman–Crippen LogP) is 4.56. The van der Waals surface area contributed by atoms with Gasteiger partial charge in [0.1, 0.15) is 5.75 Å². The Bertz CT molecular complexity index is 1500. The first-order chi connectivity index (χ1) is 17.9. The molecule has 0 fully saturated rings. The maximum atomic E-state index is 13.7. The molecule has 0 unspecified atom stereocenters. The van der Waals surface area contributed by atoms with Gasteiger partial charge in [-0.2, -0.15) is 0 Å². The van der Waals surface area contributed by atoms with Crippen molar-refractivity contribution in [3.63, 3.8) is 0 Å². The van der Waals surface area contributed by atoms with Gasteiger partial charge in [0.2, 0.25) is 0 Å². The number of hydrogen-bond donors (Lipinski definition) is 1. The van der Waals surface area contributed by atoms with E-state index in [4.69, 9.17) is 14.2 Å². The molecular weight excluding hydrogens is 474 g/mol. The molecule has 0 saturated heterocycles. The predicted molar refractivity (Wildman–Crippen MR) is 139 cm³/mol. The highest BCUT2D eigenvalue weighted by Gasteiger charge is 2.20. The summed E-state index contributed by atoms with van der Waals surface area (Å²) in [6, 6.07) is 20.8. The molecular formula is C28H25N3O6. The van der Waals surface area contributed by atoms with E-state index in [1.807, 2.05) is 30.3 Å². The average Bonchev–Trinajstić information content (AvgIpc) is 3.29. The lowest BCUT2D eigenvalue weighted by Crippen LogP contribution is -2.19. The molecule has 9 heteroatoms. The number of nitrogens with zero attached hydrogens (tertiary/aromatic N) is 2. The summed E-state index contributed by atoms with van der Waals surface area (Å²) in [7, 11) is 4.06. The molecule has 0 atom stereocenters. The molecule has 4 rings (SSSR count). The minimum atomic E-state index is -0.631. The summed E-state index contributed by atoms with van der Waals surface area (Å²) >= 11 is 0. The Morgan fingerprint density at radius 3 is 1.97 bits per heavy atom. The van der Waals surface area contributed by atoms with Crippen LogP contribution in [0.4, 0.5) is 5.69 Å². The fourth-order valence-electron chi connectivity index (χ4n) is 3.90. The molecule has 0 bridgehead atoms. The van der Waals surface area contributed by atoms with Crippen molar-refractivity contribution >= 4 is 23.3 Å². The van der Waals surface area contributed by atoms with Gasteiger partial charge in [-0.15, -0.1) is 0 Å². The van der Waals surface area contributed by atoms with Crippen LogP contribution < -0.4 is 10.3 Å². The van der Waals surface area contributed by atoms with Crippen molar-refractivity contribution < 1.29 is 23.8 Å². The first-order valence-electron chi connectivity index (χ1n) is 11.3. The molecule has 0 saturated carbocycles. The third-order valence-corrected chi connectivity index (χ3v) is 5.70. The molecule has 4 aromatic rings. The summed E-state index contributed by atoms with van der Waals surface area (Å²) in [6.45, 7) is 1.69. The number of esters is 2. The van der Waals surface area contributed by atoms with Gasteiger partial charge in [-0.05, 0) is 49.4 Å². The highest BCUT2D eigenvalue weighted by Crippen LogP contribution is 2.25. The summed E-state index contributed by atoms with van der Waals surface area (Å²) in [6.07, 6.45) is 0. The van der Waals surface area contributed by atoms with E-state index in [2.05, 4.69) is 10.1 Å². The second-order valence-corrected chi connectivity index (χ2v) is 8.02. The molecule has 0 amide bonds. The van der Waals surface area contributed by atoms with Gasteiger partial charge < -0.3 is 14.2 Å². The molecule has 1 heterocycles. The highest BCUT2D eigenvalue weighted by molar-refractivity contribution is 6.05. The lowest BCUT2D eigenvalue weighted by Gasteiger charge is -2.07. The van der Waals surface area contributed by atoms with E-state index in [1.165, 1.54) is 37.1 Å². The molecule has 0 spiro atoms. The van der Waals surface area contributed by atoms with Gasteiger partial charge in [-0.3, -0.25) is 14.9 Å². The summed E-state index contributed by atoms with van der Waals surface area (Å²) in [5.74, 6) is -0.599. The number of methoxy groups -OCH3 is 3. The van der Waals surface area contributed by atoms with Crippen molar-refractivity contribution in [2.45, 2.75) is 6.92 Å². The largest absolute Gasteiger partial charge is 0.497 e. The molecule has 1 aromatic heterocycles. The van der Waals surface area contributed by atoms with Crippen LogP contribution in [0.2, 0.25) is 0 Å². The Morgan fingerprint density at radius 2 is 1.43 bits per heavy atom. The zero-order chi connectivity index (χ0) is 26.5. The van der Waals surface area contributed by atoms with Crippen LogP contribution >= 0.6 is 0 Å². The zero-order valence-electron chi connectivity index (χ0n) is 20.8. The Kier molecular flexibility index (Phi) is 7.34. The lowest BCUT2D eigenvalue weighted by molar-refractivity contribution is 0.0599. The summed E-state index contributed by atoms with van der Waals surface area (Å²) in [5.41, 5.74) is 2.92. The van der Waals surface area contributed by atoms with E-state index in [9.17, 15) is 14.4 Å². The summed E-state index contributed by atoms with van der Waals surface area (Å²) in [4.78, 5) is 42.7. The van der Waals surface area contributed by atoms with Crippen LogP contribution in [-0.4, -0.2) is 48.8 Å². The standard InChI is InChI=1S/C28H25N3O6/c1-17(29-21-15-19(27(33)36-3)14-20(16-21)28(34)37-4)24-25(18-8-6-5-7-9-18)30-31(26(24)32)22-10-12-23(35-2)13-11-22/h5-16,30H,1-4H3. The fourth-order valence-corrected chi connectivity index (χ4v) is 3.90. The summed E-state index contributed by atoms with van der Waals surface area (Å²) < 4.78 is 16.3. The number of aromatic amines is 1. The van der Waals surface area contributed by atoms with Gasteiger partial charge in [-0.25, -0.2) is 14.3 Å². The number of benzene rings is 3. The number of hydrogen-bond acceptors (Lipinski definition) is 7. The van der Waals surface area contributed by atoms with Crippen LogP contribution in [0.15, 0.2) is 82.6 Å². The number of aliphatic imine (C=N–C) groups is 1. The number of carbonyl (C=O) groups is 2. The Morgan fingerprint density at radius 1 is 0.838 bits per heavy atom. The van der Waals surface area contributed by atoms with Crippen molar-refractivity contribution in [2.24, 2.45) is 4.99 Å². The normalized spacial score (nSPS) is 11.2. The number of aromatic nitrogens is 2. The highest BCUT2D eigenvalue weighted by atomic mass is 16.5. The van der Waals surface area contributed by atoms with Crippen LogP contribution in [0.3, 0.4) is 0 Å². The minimum absolute atomic E-state index is 0.130. The monoisotopic (exact) mass is 499 g/mol. The topological polar surface area (TPSA) is 112 Å². The third-order valence-electron chi connectivity index (χ3n) is 5.70. The molecule has 3 aromatic carbocycles. The third kappa shape index (κ3) is 5.20. The smallest absolute Gasteiger partial charge is 0.337 e. The van der Waals surface area contributed by atoms with Gasteiger partial charge in [0.05, 0.1) is 60.8 Å². The average molecular weight is 500 g/mol. The molecule has 0 aliphatic carbocycles. The van der Waals surface area contributed by atoms with Gasteiger partial charge in [0, 0.05) is 5.56 Å². The first-order valence-corrected chi connectivity index (χ1v) is 11.3. The molecule has 0 aliphatic heterocycles. The Labute approximate surface area is 212 Å². The lowest BCUT2D eigenvalue weighted by atomic mass is 10.0. The second kappa shape index (κ2) is 10.8. The van der Waals surface area contributed by atoms with Crippen LogP contribution in [0.5, 0.6) is 5.75 Å². The zero-order valence-corrected chi connectivity index (χ0v) is 20.8. The van der Waals surface area contributed by atoms with Crippen molar-refractivity contribution in [3.05, 3.63) is 99.8 Å². The van der Waals surface area contributed by atoms with Crippen LogP contribution in [0.25, 0.3) is 16.9 Å². The van der Waals surface area contributed by atoms with Gasteiger partial charge in [0.25, 0.3) is 5.56 Å². The first kappa shape index (κ1) is 25.2. The van der Waals surface area contributed by atoms with Crippen molar-refractivity contribution in [2.75, 3.05) is 21.3 Å². The van der Waals surface area contributed by atoms with Gasteiger partial charge in [-0.1, -0.05) is 30.3 Å². The van der Waals surface area contributed by atoms with E-state index in [0.29, 0.717) is 28.4 Å². The number of rotatable bonds is 7.